The van der Waals surface area contributed by atoms with Gasteiger partial charge in [-0.15, -0.1) is 0 Å². The molecule has 0 saturated carbocycles. The summed E-state index contributed by atoms with van der Waals surface area (Å²) in [5, 5.41) is 3.23. The van der Waals surface area contributed by atoms with E-state index in [2.05, 4.69) is 42.4 Å². The number of esters is 1. The van der Waals surface area contributed by atoms with Gasteiger partial charge in [-0.25, -0.2) is 9.79 Å². The van der Waals surface area contributed by atoms with E-state index in [1.54, 1.807) is 12.1 Å². The number of hydrogen-bond acceptors (Lipinski definition) is 4. The number of nitrogens with two attached hydrogens (primary N) is 1. The number of aryl methyl sites for hydroxylation is 2. The van der Waals surface area contributed by atoms with Gasteiger partial charge in [0.15, 0.2) is 5.96 Å². The van der Waals surface area contributed by atoms with Crippen LogP contribution in [-0.4, -0.2) is 26.1 Å². The number of para-hydroxylation sites is 1. The molecule has 27 heavy (non-hydrogen) atoms. The van der Waals surface area contributed by atoms with Crippen LogP contribution in [0.25, 0.3) is 0 Å². The topological polar surface area (TPSA) is 85.9 Å². The predicted molar refractivity (Wildman–Crippen MR) is 108 cm³/mol. The summed E-state index contributed by atoms with van der Waals surface area (Å²) >= 11 is 0. The molecule has 0 amide bonds. The summed E-state index contributed by atoms with van der Waals surface area (Å²) in [7, 11) is 2.85. The highest BCUT2D eigenvalue weighted by molar-refractivity contribution is 5.94. The summed E-state index contributed by atoms with van der Waals surface area (Å²) in [5.74, 6) is 0.347. The predicted octanol–water partition coefficient (Wildman–Crippen LogP) is 3.53. The van der Waals surface area contributed by atoms with E-state index in [0.29, 0.717) is 23.8 Å². The van der Waals surface area contributed by atoms with Gasteiger partial charge in [0.1, 0.15) is 11.3 Å². The van der Waals surface area contributed by atoms with E-state index in [9.17, 15) is 4.79 Å². The van der Waals surface area contributed by atoms with Crippen molar-refractivity contribution in [3.8, 4) is 5.75 Å². The molecule has 3 N–H and O–H groups in total. The van der Waals surface area contributed by atoms with Gasteiger partial charge in [0.25, 0.3) is 0 Å². The number of nitrogens with zero attached hydrogens (tertiary/aromatic N) is 1. The summed E-state index contributed by atoms with van der Waals surface area (Å²) in [4.78, 5) is 16.3. The maximum Gasteiger partial charge on any atom is 0.341 e. The van der Waals surface area contributed by atoms with Gasteiger partial charge >= 0.3 is 5.97 Å². The van der Waals surface area contributed by atoms with Crippen molar-refractivity contribution < 1.29 is 14.3 Å². The van der Waals surface area contributed by atoms with Crippen LogP contribution in [0, 0.1) is 0 Å². The minimum atomic E-state index is -0.451. The van der Waals surface area contributed by atoms with Crippen LogP contribution in [0.5, 0.6) is 5.75 Å². The smallest absolute Gasteiger partial charge is 0.341 e. The van der Waals surface area contributed by atoms with Crippen molar-refractivity contribution in [3.05, 3.63) is 58.7 Å². The van der Waals surface area contributed by atoms with E-state index in [4.69, 9.17) is 15.2 Å². The number of ether oxygens (including phenoxy) is 2. The largest absolute Gasteiger partial charge is 0.496 e. The lowest BCUT2D eigenvalue weighted by molar-refractivity contribution is 0.0597. The average molecular weight is 369 g/mol. The van der Waals surface area contributed by atoms with E-state index < -0.39 is 5.97 Å². The second-order valence-electron chi connectivity index (χ2n) is 6.01. The number of rotatable bonds is 7. The number of methoxy groups -OCH3 is 2. The molecular weight excluding hydrogens is 342 g/mol. The van der Waals surface area contributed by atoms with Crippen LogP contribution in [0.4, 0.5) is 5.69 Å². The first kappa shape index (κ1) is 20.3. The Morgan fingerprint density at radius 2 is 1.78 bits per heavy atom. The molecule has 0 atom stereocenters. The Morgan fingerprint density at radius 1 is 1.11 bits per heavy atom. The molecule has 0 aliphatic heterocycles. The van der Waals surface area contributed by atoms with Gasteiger partial charge in [0, 0.05) is 5.69 Å². The highest BCUT2D eigenvalue weighted by Crippen LogP contribution is 2.23. The van der Waals surface area contributed by atoms with Crippen molar-refractivity contribution in [2.24, 2.45) is 10.7 Å². The van der Waals surface area contributed by atoms with E-state index in [0.717, 1.165) is 24.1 Å². The summed E-state index contributed by atoms with van der Waals surface area (Å²) in [5.41, 5.74) is 10.7. The van der Waals surface area contributed by atoms with Crippen LogP contribution in [0.1, 0.15) is 40.9 Å². The molecule has 0 aromatic heterocycles. The normalized spacial score (nSPS) is 11.2. The van der Waals surface area contributed by atoms with Gasteiger partial charge in [-0.3, -0.25) is 0 Å². The van der Waals surface area contributed by atoms with Crippen molar-refractivity contribution >= 4 is 17.6 Å². The van der Waals surface area contributed by atoms with Crippen LogP contribution in [0.15, 0.2) is 41.4 Å². The van der Waals surface area contributed by atoms with Crippen molar-refractivity contribution in [1.29, 1.82) is 0 Å². The summed E-state index contributed by atoms with van der Waals surface area (Å²) in [6, 6.07) is 11.5. The molecule has 6 heteroatoms. The lowest BCUT2D eigenvalue weighted by Gasteiger charge is -2.15. The molecule has 0 bridgehead atoms. The maximum atomic E-state index is 11.9. The lowest BCUT2D eigenvalue weighted by Crippen LogP contribution is -2.24. The summed E-state index contributed by atoms with van der Waals surface area (Å²) in [6.07, 6.45) is 1.81. The number of anilines is 1. The molecule has 0 aliphatic rings. The fourth-order valence-corrected chi connectivity index (χ4v) is 2.87. The molecule has 0 spiro atoms. The Labute approximate surface area is 160 Å². The van der Waals surface area contributed by atoms with Gasteiger partial charge in [-0.2, -0.15) is 0 Å². The van der Waals surface area contributed by atoms with Crippen molar-refractivity contribution in [1.82, 2.24) is 0 Å². The molecule has 6 nitrogen and oxygen atoms in total. The Balaban J connectivity index is 2.20. The van der Waals surface area contributed by atoms with Crippen LogP contribution in [0.2, 0.25) is 0 Å². The average Bonchev–Trinajstić information content (AvgIpc) is 2.71. The van der Waals surface area contributed by atoms with Gasteiger partial charge < -0.3 is 20.5 Å². The van der Waals surface area contributed by atoms with E-state index in [-0.39, 0.29) is 0 Å². The minimum absolute atomic E-state index is 0.334. The first-order chi connectivity index (χ1) is 13.0. The number of aliphatic imine (C=N–C) groups is 1. The monoisotopic (exact) mass is 369 g/mol. The third kappa shape index (κ3) is 5.00. The quantitative estimate of drug-likeness (QED) is 0.443. The number of nitrogens with one attached hydrogen (secondary N) is 1. The maximum absolute atomic E-state index is 11.9. The van der Waals surface area contributed by atoms with Crippen LogP contribution in [-0.2, 0) is 24.1 Å². The summed E-state index contributed by atoms with van der Waals surface area (Å²) in [6.45, 7) is 4.56. The Bertz CT molecular complexity index is 809. The fraction of sp³-hybridized carbons (Fsp3) is 0.333. The van der Waals surface area contributed by atoms with Gasteiger partial charge in [0.2, 0.25) is 0 Å². The standard InChI is InChI=1S/C21H27N3O3/c1-5-15-8-7-9-16(6-2)19(15)24-21(22)23-13-14-10-11-18(26-3)17(12-14)20(25)27-4/h7-12H,5-6,13H2,1-4H3,(H3,22,23,24). The molecule has 0 unspecified atom stereocenters. The molecule has 2 rings (SSSR count). The number of guanidine groups is 1. The Hall–Kier alpha value is -3.02. The molecule has 0 aliphatic carbocycles. The lowest BCUT2D eigenvalue weighted by atomic mass is 10.0. The van der Waals surface area contributed by atoms with E-state index in [1.165, 1.54) is 25.3 Å². The highest BCUT2D eigenvalue weighted by atomic mass is 16.5. The number of carbonyl (C=O) groups excluding carboxylic acids is 1. The van der Waals surface area contributed by atoms with Crippen LogP contribution >= 0.6 is 0 Å². The van der Waals surface area contributed by atoms with Crippen molar-refractivity contribution in [2.45, 2.75) is 33.2 Å². The SMILES string of the molecule is CCc1cccc(CC)c1NC(N)=NCc1ccc(OC)c(C(=O)OC)c1. The number of benzene rings is 2. The zero-order valence-electron chi connectivity index (χ0n) is 16.3. The molecule has 144 valence electrons. The zero-order chi connectivity index (χ0) is 19.8. The summed E-state index contributed by atoms with van der Waals surface area (Å²) < 4.78 is 10.0. The van der Waals surface area contributed by atoms with E-state index in [1.807, 2.05) is 6.07 Å². The van der Waals surface area contributed by atoms with Crippen molar-refractivity contribution in [3.63, 3.8) is 0 Å². The highest BCUT2D eigenvalue weighted by Gasteiger charge is 2.13. The minimum Gasteiger partial charge on any atom is -0.496 e. The van der Waals surface area contributed by atoms with Crippen LogP contribution in [0.3, 0.4) is 0 Å². The molecule has 2 aromatic carbocycles. The molecule has 2 aromatic rings. The number of hydrogen-bond donors (Lipinski definition) is 2. The van der Waals surface area contributed by atoms with Gasteiger partial charge in [-0.1, -0.05) is 38.1 Å². The van der Waals surface area contributed by atoms with Gasteiger partial charge in [0.05, 0.1) is 20.8 Å². The third-order valence-corrected chi connectivity index (χ3v) is 4.35. The Kier molecular flexibility index (Phi) is 7.23. The van der Waals surface area contributed by atoms with Crippen LogP contribution < -0.4 is 15.8 Å². The first-order valence-electron chi connectivity index (χ1n) is 8.96. The number of carbonyl (C=O) groups is 1. The second kappa shape index (κ2) is 9.62. The van der Waals surface area contributed by atoms with Crippen molar-refractivity contribution in [2.75, 3.05) is 19.5 Å². The second-order valence-corrected chi connectivity index (χ2v) is 6.01. The fourth-order valence-electron chi connectivity index (χ4n) is 2.87. The molecule has 0 fully saturated rings. The Morgan fingerprint density at radius 3 is 2.33 bits per heavy atom. The zero-order valence-corrected chi connectivity index (χ0v) is 16.3. The van der Waals surface area contributed by atoms with Gasteiger partial charge in [-0.05, 0) is 41.7 Å². The van der Waals surface area contributed by atoms with E-state index >= 15 is 0 Å². The molecular formula is C21H27N3O3. The molecule has 0 heterocycles. The first-order valence-corrected chi connectivity index (χ1v) is 8.96. The third-order valence-electron chi connectivity index (χ3n) is 4.35. The molecule has 0 saturated heterocycles. The molecule has 0 radical (unpaired) electrons.